The van der Waals surface area contributed by atoms with Crippen molar-refractivity contribution in [3.8, 4) is 0 Å². The Morgan fingerprint density at radius 1 is 1.04 bits per heavy atom. The monoisotopic (exact) mass is 400 g/mol. The van der Waals surface area contributed by atoms with E-state index >= 15 is 0 Å². The first kappa shape index (κ1) is 20.6. The van der Waals surface area contributed by atoms with Gasteiger partial charge in [-0.3, -0.25) is 4.79 Å². The predicted molar refractivity (Wildman–Crippen MR) is 112 cm³/mol. The average Bonchev–Trinajstić information content (AvgIpc) is 2.69. The van der Waals surface area contributed by atoms with Crippen LogP contribution >= 0.6 is 0 Å². The maximum absolute atomic E-state index is 12.9. The van der Waals surface area contributed by atoms with E-state index in [1.54, 1.807) is 16.4 Å². The third-order valence-electron chi connectivity index (χ3n) is 5.40. The molecule has 1 amide bonds. The first-order chi connectivity index (χ1) is 13.4. The van der Waals surface area contributed by atoms with Crippen LogP contribution in [0.3, 0.4) is 0 Å². The van der Waals surface area contributed by atoms with Crippen molar-refractivity contribution in [3.05, 3.63) is 59.7 Å². The van der Waals surface area contributed by atoms with Crippen LogP contribution in [0.4, 0.5) is 5.69 Å². The van der Waals surface area contributed by atoms with Gasteiger partial charge in [0.05, 0.1) is 4.90 Å². The van der Waals surface area contributed by atoms with E-state index < -0.39 is 10.0 Å². The summed E-state index contributed by atoms with van der Waals surface area (Å²) in [6, 6.07) is 14.9. The highest BCUT2D eigenvalue weighted by Crippen LogP contribution is 2.27. The summed E-state index contributed by atoms with van der Waals surface area (Å²) in [6.45, 7) is 4.87. The number of aryl methyl sites for hydroxylation is 2. The van der Waals surface area contributed by atoms with Crippen molar-refractivity contribution in [2.24, 2.45) is 5.92 Å². The maximum atomic E-state index is 12.9. The summed E-state index contributed by atoms with van der Waals surface area (Å²) in [5.41, 5.74) is 2.75. The smallest absolute Gasteiger partial charge is 0.243 e. The van der Waals surface area contributed by atoms with E-state index in [1.165, 1.54) is 0 Å². The summed E-state index contributed by atoms with van der Waals surface area (Å²) in [7, 11) is -3.44. The number of hydrogen-bond donors (Lipinski definition) is 1. The zero-order chi connectivity index (χ0) is 20.1. The van der Waals surface area contributed by atoms with Gasteiger partial charge in [0.25, 0.3) is 0 Å². The Bertz CT molecular complexity index is 915. The minimum Gasteiger partial charge on any atom is -0.326 e. The van der Waals surface area contributed by atoms with E-state index in [0.717, 1.165) is 36.1 Å². The van der Waals surface area contributed by atoms with Crippen LogP contribution in [0.15, 0.2) is 53.4 Å². The molecule has 1 N–H and O–H groups in total. The first-order valence-electron chi connectivity index (χ1n) is 9.78. The molecule has 1 heterocycles. The molecule has 3 rings (SSSR count). The Balaban J connectivity index is 1.48. The van der Waals surface area contributed by atoms with Gasteiger partial charge in [0.2, 0.25) is 15.9 Å². The van der Waals surface area contributed by atoms with Crippen LogP contribution in [0.25, 0.3) is 0 Å². The van der Waals surface area contributed by atoms with Gasteiger partial charge >= 0.3 is 0 Å². The van der Waals surface area contributed by atoms with Crippen LogP contribution in [0.5, 0.6) is 0 Å². The van der Waals surface area contributed by atoms with Crippen molar-refractivity contribution in [2.45, 2.75) is 44.4 Å². The molecule has 0 spiro atoms. The molecular formula is C22H28N2O3S. The number of amides is 1. The summed E-state index contributed by atoms with van der Waals surface area (Å²) in [5.74, 6) is 0.394. The fourth-order valence-corrected chi connectivity index (χ4v) is 5.31. The van der Waals surface area contributed by atoms with Crippen LogP contribution in [-0.4, -0.2) is 31.7 Å². The lowest BCUT2D eigenvalue weighted by atomic mass is 9.93. The van der Waals surface area contributed by atoms with E-state index in [0.29, 0.717) is 30.3 Å². The molecule has 0 unspecified atom stereocenters. The molecule has 0 saturated carbocycles. The molecule has 0 atom stereocenters. The number of piperidine rings is 1. The van der Waals surface area contributed by atoms with E-state index in [1.807, 2.05) is 50.2 Å². The van der Waals surface area contributed by atoms with E-state index in [4.69, 9.17) is 0 Å². The Morgan fingerprint density at radius 2 is 1.68 bits per heavy atom. The van der Waals surface area contributed by atoms with Crippen molar-refractivity contribution in [3.63, 3.8) is 0 Å². The topological polar surface area (TPSA) is 66.5 Å². The number of rotatable bonds is 6. The van der Waals surface area contributed by atoms with E-state index in [9.17, 15) is 13.2 Å². The quantitative estimate of drug-likeness (QED) is 0.793. The third-order valence-corrected chi connectivity index (χ3v) is 7.46. The number of benzene rings is 2. The minimum atomic E-state index is -3.44. The Morgan fingerprint density at radius 3 is 2.32 bits per heavy atom. The molecule has 2 aromatic rings. The largest absolute Gasteiger partial charge is 0.326 e. The van der Waals surface area contributed by atoms with Gasteiger partial charge in [-0.25, -0.2) is 8.42 Å². The second-order valence-electron chi connectivity index (χ2n) is 7.57. The normalized spacial score (nSPS) is 16.1. The number of sulfonamides is 1. The van der Waals surface area contributed by atoms with Crippen LogP contribution in [0, 0.1) is 19.8 Å². The van der Waals surface area contributed by atoms with Crippen LogP contribution in [0.2, 0.25) is 0 Å². The highest BCUT2D eigenvalue weighted by Gasteiger charge is 2.30. The molecule has 2 aromatic carbocycles. The molecule has 1 aliphatic rings. The number of nitrogens with zero attached hydrogens (tertiary/aromatic N) is 1. The standard InChI is InChI=1S/C22H28N2O3S/c1-17-7-10-20(11-8-17)23-22(25)12-9-19-13-15-24(16-14-19)28(26,27)21-6-4-3-5-18(21)2/h3-8,10-11,19H,9,12-16H2,1-2H3,(H,23,25). The summed E-state index contributed by atoms with van der Waals surface area (Å²) in [4.78, 5) is 12.6. The van der Waals surface area contributed by atoms with Crippen molar-refractivity contribution in [1.82, 2.24) is 4.31 Å². The molecule has 0 bridgehead atoms. The Hall–Kier alpha value is -2.18. The van der Waals surface area contributed by atoms with Gasteiger partial charge in [-0.05, 0) is 62.8 Å². The Labute approximate surface area is 167 Å². The molecule has 0 aliphatic carbocycles. The molecule has 0 radical (unpaired) electrons. The summed E-state index contributed by atoms with van der Waals surface area (Å²) in [5, 5.41) is 2.92. The van der Waals surface area contributed by atoms with Gasteiger partial charge in [-0.1, -0.05) is 35.9 Å². The zero-order valence-corrected chi connectivity index (χ0v) is 17.3. The predicted octanol–water partition coefficient (Wildman–Crippen LogP) is 4.12. The molecular weight excluding hydrogens is 372 g/mol. The highest BCUT2D eigenvalue weighted by atomic mass is 32.2. The zero-order valence-electron chi connectivity index (χ0n) is 16.5. The second kappa shape index (κ2) is 8.88. The van der Waals surface area contributed by atoms with Crippen LogP contribution in [-0.2, 0) is 14.8 Å². The van der Waals surface area contributed by atoms with Crippen molar-refractivity contribution < 1.29 is 13.2 Å². The van der Waals surface area contributed by atoms with Crippen LogP contribution in [0.1, 0.15) is 36.8 Å². The molecule has 6 heteroatoms. The molecule has 150 valence electrons. The van der Waals surface area contributed by atoms with Crippen molar-refractivity contribution in [1.29, 1.82) is 0 Å². The van der Waals surface area contributed by atoms with Crippen molar-refractivity contribution >= 4 is 21.6 Å². The second-order valence-corrected chi connectivity index (χ2v) is 9.47. The lowest BCUT2D eigenvalue weighted by Gasteiger charge is -2.31. The van der Waals surface area contributed by atoms with Gasteiger partial charge in [0.1, 0.15) is 0 Å². The fraction of sp³-hybridized carbons (Fsp3) is 0.409. The lowest BCUT2D eigenvalue weighted by molar-refractivity contribution is -0.116. The summed E-state index contributed by atoms with van der Waals surface area (Å²) >= 11 is 0. The van der Waals surface area contributed by atoms with Gasteiger partial charge in [0, 0.05) is 25.2 Å². The molecule has 1 aliphatic heterocycles. The van der Waals surface area contributed by atoms with E-state index in [2.05, 4.69) is 5.32 Å². The number of carbonyl (C=O) groups is 1. The number of carbonyl (C=O) groups excluding carboxylic acids is 1. The minimum absolute atomic E-state index is 0.0128. The van der Waals surface area contributed by atoms with Gasteiger partial charge in [-0.15, -0.1) is 0 Å². The number of anilines is 1. The molecule has 5 nitrogen and oxygen atoms in total. The van der Waals surface area contributed by atoms with Gasteiger partial charge in [-0.2, -0.15) is 4.31 Å². The maximum Gasteiger partial charge on any atom is 0.243 e. The number of nitrogens with one attached hydrogen (secondary N) is 1. The van der Waals surface area contributed by atoms with E-state index in [-0.39, 0.29) is 5.91 Å². The molecule has 1 saturated heterocycles. The van der Waals surface area contributed by atoms with Gasteiger partial charge < -0.3 is 5.32 Å². The number of hydrogen-bond acceptors (Lipinski definition) is 3. The first-order valence-corrected chi connectivity index (χ1v) is 11.2. The molecule has 28 heavy (non-hydrogen) atoms. The summed E-state index contributed by atoms with van der Waals surface area (Å²) in [6.07, 6.45) is 2.84. The highest BCUT2D eigenvalue weighted by molar-refractivity contribution is 7.89. The lowest BCUT2D eigenvalue weighted by Crippen LogP contribution is -2.38. The Kier molecular flexibility index (Phi) is 6.52. The third kappa shape index (κ3) is 5.00. The molecule has 0 aromatic heterocycles. The van der Waals surface area contributed by atoms with Crippen molar-refractivity contribution in [2.75, 3.05) is 18.4 Å². The van der Waals surface area contributed by atoms with Gasteiger partial charge in [0.15, 0.2) is 0 Å². The average molecular weight is 401 g/mol. The summed E-state index contributed by atoms with van der Waals surface area (Å²) < 4.78 is 27.3. The fourth-order valence-electron chi connectivity index (χ4n) is 3.62. The van der Waals surface area contributed by atoms with Crippen LogP contribution < -0.4 is 5.32 Å². The molecule has 1 fully saturated rings. The SMILES string of the molecule is Cc1ccc(NC(=O)CCC2CCN(S(=O)(=O)c3ccccc3C)CC2)cc1.